The summed E-state index contributed by atoms with van der Waals surface area (Å²) >= 11 is 6.02. The van der Waals surface area contributed by atoms with Gasteiger partial charge in [0.15, 0.2) is 0 Å². The first-order valence-corrected chi connectivity index (χ1v) is 13.1. The predicted octanol–water partition coefficient (Wildman–Crippen LogP) is 3.83. The number of aliphatic carboxylic acids is 1. The van der Waals surface area contributed by atoms with Crippen LogP contribution in [0.3, 0.4) is 0 Å². The lowest BCUT2D eigenvalue weighted by Gasteiger charge is -2.51. The number of carbonyl (C=O) groups excluding carboxylic acids is 2. The Labute approximate surface area is 225 Å². The highest BCUT2D eigenvalue weighted by molar-refractivity contribution is 6.30. The molecule has 1 heterocycles. The molecule has 2 amide bonds. The number of nitrogens with zero attached hydrogens (tertiary/aromatic N) is 1. The number of aliphatic hydroxyl groups is 1. The van der Waals surface area contributed by atoms with Gasteiger partial charge in [-0.3, -0.25) is 9.59 Å². The zero-order valence-corrected chi connectivity index (χ0v) is 22.4. The number of benzene rings is 1. The van der Waals surface area contributed by atoms with Crippen LogP contribution in [0.15, 0.2) is 24.3 Å². The highest BCUT2D eigenvalue weighted by Crippen LogP contribution is 2.46. The van der Waals surface area contributed by atoms with Gasteiger partial charge >= 0.3 is 12.1 Å². The third-order valence-electron chi connectivity index (χ3n) is 7.36. The Morgan fingerprint density at radius 1 is 1.18 bits per heavy atom. The summed E-state index contributed by atoms with van der Waals surface area (Å²) in [6, 6.07) is 6.71. The monoisotopic (exact) mass is 563 g/mol. The minimum atomic E-state index is -5.08. The molecule has 2 fully saturated rings. The predicted molar refractivity (Wildman–Crippen MR) is 136 cm³/mol. The molecule has 1 saturated heterocycles. The second-order valence-electron chi connectivity index (χ2n) is 10.5. The van der Waals surface area contributed by atoms with Crippen LogP contribution in [0.4, 0.5) is 13.2 Å². The number of hydrogen-bond acceptors (Lipinski definition) is 5. The molecule has 0 aromatic heterocycles. The van der Waals surface area contributed by atoms with Gasteiger partial charge in [0.25, 0.3) is 0 Å². The summed E-state index contributed by atoms with van der Waals surface area (Å²) in [6.07, 6.45) is 0.488. The Kier molecular flexibility index (Phi) is 11.0. The zero-order valence-electron chi connectivity index (χ0n) is 21.7. The molecule has 38 heavy (non-hydrogen) atoms. The molecule has 0 bridgehead atoms. The van der Waals surface area contributed by atoms with E-state index in [2.05, 4.69) is 5.32 Å². The van der Waals surface area contributed by atoms with E-state index in [4.69, 9.17) is 27.2 Å². The minimum absolute atomic E-state index is 0.0122. The number of alkyl halides is 3. The van der Waals surface area contributed by atoms with Crippen molar-refractivity contribution in [2.75, 3.05) is 19.6 Å². The van der Waals surface area contributed by atoms with Crippen molar-refractivity contribution in [1.29, 1.82) is 0 Å². The Morgan fingerprint density at radius 2 is 1.74 bits per heavy atom. The van der Waals surface area contributed by atoms with Crippen molar-refractivity contribution in [2.45, 2.75) is 76.6 Å². The van der Waals surface area contributed by atoms with Gasteiger partial charge in [0.1, 0.15) is 6.04 Å². The first kappa shape index (κ1) is 31.8. The van der Waals surface area contributed by atoms with Crippen LogP contribution in [0.1, 0.15) is 64.4 Å². The molecule has 0 unspecified atom stereocenters. The number of rotatable bonds is 7. The van der Waals surface area contributed by atoms with E-state index in [-0.39, 0.29) is 17.7 Å². The number of amides is 2. The molecule has 1 aliphatic heterocycles. The van der Waals surface area contributed by atoms with Crippen molar-refractivity contribution in [2.24, 2.45) is 17.1 Å². The summed E-state index contributed by atoms with van der Waals surface area (Å²) in [7, 11) is 0. The lowest BCUT2D eigenvalue weighted by atomic mass is 9.66. The molecular formula is C26H37ClF3N3O5. The molecule has 0 radical (unpaired) electrons. The van der Waals surface area contributed by atoms with Crippen LogP contribution in [0.2, 0.25) is 5.02 Å². The van der Waals surface area contributed by atoms with Crippen LogP contribution in [0.25, 0.3) is 0 Å². The van der Waals surface area contributed by atoms with E-state index >= 15 is 0 Å². The molecule has 1 aromatic rings. The molecule has 2 atom stereocenters. The number of likely N-dealkylation sites (tertiary alicyclic amines) is 1. The molecular weight excluding hydrogens is 527 g/mol. The van der Waals surface area contributed by atoms with E-state index in [1.165, 1.54) is 0 Å². The quantitative estimate of drug-likeness (QED) is 0.398. The molecule has 8 nitrogen and oxygen atoms in total. The molecule has 5 N–H and O–H groups in total. The van der Waals surface area contributed by atoms with Gasteiger partial charge in [0.05, 0.1) is 5.60 Å². The van der Waals surface area contributed by atoms with E-state index in [1.54, 1.807) is 17.0 Å². The number of halogens is 4. The fourth-order valence-electron chi connectivity index (χ4n) is 5.05. The molecule has 1 aliphatic carbocycles. The van der Waals surface area contributed by atoms with E-state index in [9.17, 15) is 27.9 Å². The van der Waals surface area contributed by atoms with Crippen molar-refractivity contribution in [3.8, 4) is 0 Å². The maximum absolute atomic E-state index is 13.4. The highest BCUT2D eigenvalue weighted by Gasteiger charge is 2.50. The molecule has 214 valence electrons. The van der Waals surface area contributed by atoms with Gasteiger partial charge < -0.3 is 26.2 Å². The third kappa shape index (κ3) is 8.07. The third-order valence-corrected chi connectivity index (χ3v) is 7.61. The van der Waals surface area contributed by atoms with Gasteiger partial charge in [-0.2, -0.15) is 13.2 Å². The van der Waals surface area contributed by atoms with Gasteiger partial charge in [-0.15, -0.1) is 0 Å². The lowest BCUT2D eigenvalue weighted by Crippen LogP contribution is -2.60. The van der Waals surface area contributed by atoms with Crippen molar-refractivity contribution >= 4 is 29.4 Å². The van der Waals surface area contributed by atoms with Crippen LogP contribution < -0.4 is 11.1 Å². The fourth-order valence-corrected chi connectivity index (χ4v) is 5.17. The number of carboxylic acid groups (broad SMARTS) is 1. The van der Waals surface area contributed by atoms with Gasteiger partial charge in [-0.05, 0) is 56.3 Å². The number of piperidine rings is 1. The smallest absolute Gasteiger partial charge is 0.475 e. The second kappa shape index (κ2) is 13.1. The zero-order chi connectivity index (χ0) is 28.7. The van der Waals surface area contributed by atoms with Crippen LogP contribution in [-0.4, -0.2) is 64.7 Å². The Bertz CT molecular complexity index is 968. The van der Waals surface area contributed by atoms with E-state index in [0.717, 1.165) is 31.2 Å². The summed E-state index contributed by atoms with van der Waals surface area (Å²) in [5.41, 5.74) is 4.86. The summed E-state index contributed by atoms with van der Waals surface area (Å²) < 4.78 is 31.7. The number of carbonyl (C=O) groups is 3. The summed E-state index contributed by atoms with van der Waals surface area (Å²) in [4.78, 5) is 36.8. The lowest BCUT2D eigenvalue weighted by molar-refractivity contribution is -0.192. The average Bonchev–Trinajstić information content (AvgIpc) is 3.38. The molecule has 0 spiro atoms. The fraction of sp³-hybridized carbons (Fsp3) is 0.654. The van der Waals surface area contributed by atoms with Gasteiger partial charge in [0.2, 0.25) is 11.8 Å². The highest BCUT2D eigenvalue weighted by atomic mass is 35.5. The number of nitrogens with two attached hydrogens (primary N) is 1. The number of hydrogen-bond donors (Lipinski definition) is 4. The van der Waals surface area contributed by atoms with Crippen LogP contribution >= 0.6 is 11.6 Å². The van der Waals surface area contributed by atoms with Gasteiger partial charge in [-0.25, -0.2) is 4.79 Å². The number of nitrogens with one attached hydrogen (secondary N) is 1. The van der Waals surface area contributed by atoms with Gasteiger partial charge in [-0.1, -0.05) is 50.4 Å². The molecule has 1 aromatic carbocycles. The Morgan fingerprint density at radius 3 is 2.21 bits per heavy atom. The Hall–Kier alpha value is -2.37. The largest absolute Gasteiger partial charge is 0.490 e. The van der Waals surface area contributed by atoms with Crippen LogP contribution in [-0.2, 0) is 20.0 Å². The molecule has 1 saturated carbocycles. The van der Waals surface area contributed by atoms with Crippen molar-refractivity contribution in [3.05, 3.63) is 34.9 Å². The first-order valence-electron chi connectivity index (χ1n) is 12.7. The normalized spacial score (nSPS) is 22.3. The second-order valence-corrected chi connectivity index (χ2v) is 11.0. The molecule has 3 rings (SSSR count). The average molecular weight is 564 g/mol. The number of carboxylic acids is 1. The van der Waals surface area contributed by atoms with Gasteiger partial charge in [0, 0.05) is 29.4 Å². The first-order chi connectivity index (χ1) is 17.6. The summed E-state index contributed by atoms with van der Waals surface area (Å²) in [6.45, 7) is 5.27. The van der Waals surface area contributed by atoms with Crippen LogP contribution in [0, 0.1) is 11.3 Å². The minimum Gasteiger partial charge on any atom is -0.475 e. The molecule has 2 aliphatic rings. The standard InChI is InChI=1S/C24H36ClN3O3.C2HF3O2/c1-23(2)16-28(15-13-24(23,31)18-9-11-19(25)12-10-18)22(30)20(8-5-14-26)27-21(29)17-6-3-4-7-17;3-2(4,5)1(6)7/h9-12,17,20,31H,3-8,13-16,26H2,1-2H3,(H,27,29);(H,6,7)/t20-,24+;/m1./s1. The Balaban J connectivity index is 0.000000638. The summed E-state index contributed by atoms with van der Waals surface area (Å²) in [5.74, 6) is -2.83. The maximum Gasteiger partial charge on any atom is 0.490 e. The maximum atomic E-state index is 13.4. The summed E-state index contributed by atoms with van der Waals surface area (Å²) in [5, 5.41) is 22.3. The topological polar surface area (TPSA) is 133 Å². The molecule has 12 heteroatoms. The van der Waals surface area contributed by atoms with Crippen molar-refractivity contribution < 1.29 is 37.8 Å². The van der Waals surface area contributed by atoms with E-state index in [1.807, 2.05) is 26.0 Å². The van der Waals surface area contributed by atoms with Crippen molar-refractivity contribution in [3.63, 3.8) is 0 Å². The van der Waals surface area contributed by atoms with E-state index < -0.39 is 29.2 Å². The van der Waals surface area contributed by atoms with Crippen molar-refractivity contribution in [1.82, 2.24) is 10.2 Å². The van der Waals surface area contributed by atoms with Crippen LogP contribution in [0.5, 0.6) is 0 Å². The van der Waals surface area contributed by atoms with E-state index in [0.29, 0.717) is 43.9 Å². The SMILES string of the molecule is CC1(C)CN(C(=O)[C@@H](CCCN)NC(=O)C2CCCC2)CC[C@]1(O)c1ccc(Cl)cc1.O=C(O)C(F)(F)F.